The Kier molecular flexibility index (Phi) is 19.8. The van der Waals surface area contributed by atoms with Crippen LogP contribution in [0.1, 0.15) is 5.56 Å². The Labute approximate surface area is 756 Å². The van der Waals surface area contributed by atoms with Gasteiger partial charge in [-0.1, -0.05) is 291 Å². The van der Waals surface area contributed by atoms with Gasteiger partial charge in [-0.15, -0.1) is 0 Å². The molecule has 7 heterocycles. The van der Waals surface area contributed by atoms with Crippen molar-refractivity contribution in [2.45, 2.75) is 0 Å². The molecule has 0 aliphatic heterocycles. The maximum Gasteiger partial charge on any atom is 0.187 e. The van der Waals surface area contributed by atoms with Gasteiger partial charge in [0.05, 0.1) is 40.3 Å². The Morgan fingerprint density at radius 3 is 0.682 bits per heavy atom. The highest BCUT2D eigenvalue weighted by atomic mass is 15.1. The average Bonchev–Trinajstić information content (AvgIpc) is 1.73. The molecule has 0 saturated heterocycles. The molecule has 614 valence electrons. The van der Waals surface area contributed by atoms with Crippen LogP contribution in [0.25, 0.3) is 242 Å². The molecule has 19 heteroatoms. The Bertz CT molecular complexity index is 7910. The molecule has 0 atom stereocenters. The van der Waals surface area contributed by atoms with Crippen LogP contribution in [0.2, 0.25) is 0 Å². The van der Waals surface area contributed by atoms with Gasteiger partial charge in [-0.25, -0.2) is 79.6 Å². The molecular weight excluding hydrogens is 1620 g/mol. The molecule has 19 nitrogen and oxygen atoms in total. The van der Waals surface area contributed by atoms with Crippen molar-refractivity contribution in [1.82, 2.24) is 83.9 Å². The van der Waals surface area contributed by atoms with Crippen molar-refractivity contribution in [1.29, 1.82) is 5.26 Å². The summed E-state index contributed by atoms with van der Waals surface area (Å²) in [7, 11) is 0. The van der Waals surface area contributed by atoms with E-state index in [4.69, 9.17) is 81.3 Å². The van der Waals surface area contributed by atoms with E-state index in [1.807, 2.05) is 328 Å². The van der Waals surface area contributed by atoms with Gasteiger partial charge in [-0.05, 0) is 126 Å². The molecule has 0 spiro atoms. The number of fused-ring (bicyclic) bond motifs is 6. The summed E-state index contributed by atoms with van der Waals surface area (Å²) >= 11 is 0. The lowest BCUT2D eigenvalue weighted by atomic mass is 9.97. The van der Waals surface area contributed by atoms with Crippen molar-refractivity contribution < 1.29 is 0 Å². The highest BCUT2D eigenvalue weighted by molar-refractivity contribution is 6.13. The first kappa shape index (κ1) is 77.9. The van der Waals surface area contributed by atoms with Gasteiger partial charge in [0, 0.05) is 116 Å². The summed E-state index contributed by atoms with van der Waals surface area (Å²) in [5.41, 5.74) is 18.7. The van der Waals surface area contributed by atoms with Crippen molar-refractivity contribution in [3.05, 3.63) is 423 Å². The lowest BCUT2D eigenvalue weighted by molar-refractivity contribution is 1.07. The van der Waals surface area contributed by atoms with Crippen molar-refractivity contribution in [3.8, 4) is 199 Å². The zero-order valence-corrected chi connectivity index (χ0v) is 70.2. The summed E-state index contributed by atoms with van der Waals surface area (Å²) in [6.07, 6.45) is 0. The number of aromatic nitrogens is 17. The molecular formula is C113H67N19. The minimum Gasteiger partial charge on any atom is -0.309 e. The first-order chi connectivity index (χ1) is 65.3. The topological polar surface area (TPSA) is 231 Å². The fourth-order valence-corrected chi connectivity index (χ4v) is 17.1. The van der Waals surface area contributed by atoms with Crippen LogP contribution < -0.4 is 0 Å². The SMILES string of the molecule is [C-]#[N+]c1cccc(-c2cc(-n3c4ccc(-c5nc(-c6ccccc6)nc(-c6ccccc6)n5)cc4c4cc(-c5nc(-c6ccccc6)nc(-c6ccccc6)n5)ccc43)ccc2-c2nc(-c3ccccc3)nc(-c3ccc(-n4c5ccc(-c6nc(-c7ccccc7)nc(-c7ccccc7)n6)cc5c5cc(-c6nc(-c7ccccc7)nc(-c7ccccc7)n6)ccc54)cc3C#N)n2)c1. The largest absolute Gasteiger partial charge is 0.309 e. The summed E-state index contributed by atoms with van der Waals surface area (Å²) < 4.78 is 4.42. The van der Waals surface area contributed by atoms with E-state index in [-0.39, 0.29) is 5.82 Å². The van der Waals surface area contributed by atoms with E-state index in [1.54, 1.807) is 6.07 Å². The molecule has 16 aromatic carbocycles. The number of hydrogen-bond donors (Lipinski definition) is 0. The highest BCUT2D eigenvalue weighted by Gasteiger charge is 2.27. The zero-order valence-electron chi connectivity index (χ0n) is 70.2. The van der Waals surface area contributed by atoms with E-state index in [0.29, 0.717) is 110 Å². The third-order valence-electron chi connectivity index (χ3n) is 23.4. The summed E-state index contributed by atoms with van der Waals surface area (Å²) in [6.45, 7) is 8.39. The highest BCUT2D eigenvalue weighted by Crippen LogP contribution is 2.44. The van der Waals surface area contributed by atoms with E-state index in [1.165, 1.54) is 0 Å². The van der Waals surface area contributed by atoms with E-state index >= 15 is 0 Å². The molecule has 0 unspecified atom stereocenters. The zero-order chi connectivity index (χ0) is 88.0. The van der Waals surface area contributed by atoms with Gasteiger partial charge < -0.3 is 9.13 Å². The number of nitrogens with zero attached hydrogens (tertiary/aromatic N) is 19. The van der Waals surface area contributed by atoms with Gasteiger partial charge in [0.1, 0.15) is 0 Å². The van der Waals surface area contributed by atoms with Crippen LogP contribution in [0.4, 0.5) is 5.69 Å². The van der Waals surface area contributed by atoms with Gasteiger partial charge in [0.25, 0.3) is 0 Å². The predicted molar refractivity (Wildman–Crippen MR) is 520 cm³/mol. The van der Waals surface area contributed by atoms with Crippen LogP contribution in [-0.4, -0.2) is 83.9 Å². The Hall–Kier alpha value is -18.9. The minimum atomic E-state index is 0.261. The normalized spacial score (nSPS) is 11.3. The maximum absolute atomic E-state index is 11.8. The molecule has 132 heavy (non-hydrogen) atoms. The second-order valence-electron chi connectivity index (χ2n) is 31.7. The van der Waals surface area contributed by atoms with Gasteiger partial charge in [-0.3, -0.25) is 0 Å². The molecule has 23 rings (SSSR count). The predicted octanol–water partition coefficient (Wildman–Crippen LogP) is 25.9. The van der Waals surface area contributed by atoms with Gasteiger partial charge in [-0.2, -0.15) is 5.26 Å². The van der Waals surface area contributed by atoms with Crippen LogP contribution >= 0.6 is 0 Å². The fraction of sp³-hybridized carbons (Fsp3) is 0. The van der Waals surface area contributed by atoms with E-state index in [0.717, 1.165) is 133 Å². The molecule has 0 amide bonds. The summed E-state index contributed by atoms with van der Waals surface area (Å²) in [6, 6.07) is 137. The first-order valence-electron chi connectivity index (χ1n) is 42.9. The first-order valence-corrected chi connectivity index (χ1v) is 42.9. The molecule has 7 aromatic heterocycles. The van der Waals surface area contributed by atoms with Gasteiger partial charge in [0.15, 0.2) is 93.1 Å². The maximum atomic E-state index is 11.8. The van der Waals surface area contributed by atoms with Crippen molar-refractivity contribution >= 4 is 49.3 Å². The summed E-state index contributed by atoms with van der Waals surface area (Å²) in [5, 5.41) is 15.3. The second-order valence-corrected chi connectivity index (χ2v) is 31.7. The summed E-state index contributed by atoms with van der Waals surface area (Å²) in [4.78, 5) is 82.0. The second kappa shape index (κ2) is 33.6. The Morgan fingerprint density at radius 2 is 0.417 bits per heavy atom. The monoisotopic (exact) mass is 1690 g/mol. The molecule has 0 fully saturated rings. The molecule has 23 aromatic rings. The van der Waals surface area contributed by atoms with Crippen LogP contribution in [0.3, 0.4) is 0 Å². The third kappa shape index (κ3) is 14.9. The van der Waals surface area contributed by atoms with Gasteiger partial charge in [0.2, 0.25) is 0 Å². The van der Waals surface area contributed by atoms with Crippen molar-refractivity contribution in [2.75, 3.05) is 0 Å². The number of hydrogen-bond acceptors (Lipinski definition) is 16. The number of nitriles is 1. The number of rotatable bonds is 18. The lowest BCUT2D eigenvalue weighted by Gasteiger charge is -2.16. The van der Waals surface area contributed by atoms with Gasteiger partial charge >= 0.3 is 0 Å². The van der Waals surface area contributed by atoms with Crippen molar-refractivity contribution in [2.24, 2.45) is 0 Å². The molecule has 0 bridgehead atoms. The molecule has 0 aliphatic carbocycles. The molecule has 0 N–H and O–H groups in total. The minimum absolute atomic E-state index is 0.261. The number of benzene rings is 16. The average molecular weight is 1690 g/mol. The third-order valence-corrected chi connectivity index (χ3v) is 23.4. The summed E-state index contributed by atoms with van der Waals surface area (Å²) in [5.74, 6) is 7.18. The molecule has 0 radical (unpaired) electrons. The van der Waals surface area contributed by atoms with Crippen LogP contribution in [0.15, 0.2) is 406 Å². The quantitative estimate of drug-likeness (QED) is 0.0727. The van der Waals surface area contributed by atoms with E-state index in [9.17, 15) is 5.26 Å². The van der Waals surface area contributed by atoms with Crippen LogP contribution in [-0.2, 0) is 0 Å². The van der Waals surface area contributed by atoms with Crippen LogP contribution in [0.5, 0.6) is 0 Å². The van der Waals surface area contributed by atoms with E-state index in [2.05, 4.69) is 92.8 Å². The smallest absolute Gasteiger partial charge is 0.187 e. The Morgan fingerprint density at radius 1 is 0.189 bits per heavy atom. The Balaban J connectivity index is 0.693. The van der Waals surface area contributed by atoms with E-state index < -0.39 is 0 Å². The van der Waals surface area contributed by atoms with Crippen LogP contribution in [0, 0.1) is 17.9 Å². The molecule has 0 saturated carbocycles. The lowest BCUT2D eigenvalue weighted by Crippen LogP contribution is -2.03. The van der Waals surface area contributed by atoms with Crippen molar-refractivity contribution in [3.63, 3.8) is 0 Å². The standard InChI is InChI=1S/C113H67N19/c1-115-85-49-29-48-79(62-85)90-68-87(132-97-60-52-82(110-124-103(74-38-19-6-20-39-74)118-104(125-110)75-40-21-7-22-41-75)66-93(97)94-67-83(53-61-98(94)132)111-126-105(76-42-23-8-24-43-76)119-106(127-111)77-44-25-9-26-45-77)55-57-89(90)113-129-107(78-46-27-10-28-47-78)128-112(130-113)88-56-54-86(63-84(88)69-114)131-95-58-50-80(108-120-99(70-30-11-2-12-31-70)116-100(121-108)71-32-13-3-14-33-71)64-91(95)92-65-81(51-59-96(92)131)109-122-101(72-34-15-4-16-35-72)117-102(123-109)73-36-17-5-18-37-73/h2-68H. The fourth-order valence-electron chi connectivity index (χ4n) is 17.1. The molecule has 0 aliphatic rings.